The molecule has 0 atom stereocenters. The number of nitrogens with zero attached hydrogens (tertiary/aromatic N) is 2. The smallest absolute Gasteiger partial charge is 0.170 e. The number of aromatic nitrogens is 2. The van der Waals surface area contributed by atoms with Crippen molar-refractivity contribution in [3.8, 4) is 0 Å². The van der Waals surface area contributed by atoms with Crippen LogP contribution in [0.4, 0.5) is 0 Å². The van der Waals surface area contributed by atoms with E-state index >= 15 is 0 Å². The highest BCUT2D eigenvalue weighted by Crippen LogP contribution is 2.32. The van der Waals surface area contributed by atoms with E-state index in [2.05, 4.69) is 18.9 Å². The monoisotopic (exact) mass is 292 g/mol. The van der Waals surface area contributed by atoms with Crippen molar-refractivity contribution >= 4 is 5.78 Å². The molecule has 4 nitrogen and oxygen atoms in total. The van der Waals surface area contributed by atoms with Crippen LogP contribution in [-0.4, -0.2) is 28.3 Å². The lowest BCUT2D eigenvalue weighted by atomic mass is 9.80. The molecular weight excluding hydrogens is 264 g/mol. The van der Waals surface area contributed by atoms with Gasteiger partial charge in [-0.25, -0.2) is 0 Å². The third kappa shape index (κ3) is 3.54. The zero-order valence-corrected chi connectivity index (χ0v) is 13.6. The van der Waals surface area contributed by atoms with Crippen LogP contribution in [-0.2, 0) is 16.0 Å². The van der Waals surface area contributed by atoms with Gasteiger partial charge >= 0.3 is 0 Å². The Kier molecular flexibility index (Phi) is 5.57. The van der Waals surface area contributed by atoms with Gasteiger partial charge in [0, 0.05) is 13.3 Å². The maximum absolute atomic E-state index is 12.7. The van der Waals surface area contributed by atoms with Gasteiger partial charge in [0.1, 0.15) is 5.60 Å². The van der Waals surface area contributed by atoms with Crippen molar-refractivity contribution in [2.45, 2.75) is 76.9 Å². The molecule has 118 valence electrons. The second kappa shape index (κ2) is 7.21. The summed E-state index contributed by atoms with van der Waals surface area (Å²) < 4.78 is 7.63. The Morgan fingerprint density at radius 1 is 1.33 bits per heavy atom. The molecule has 1 aromatic heterocycles. The van der Waals surface area contributed by atoms with Gasteiger partial charge in [-0.05, 0) is 31.7 Å². The number of rotatable bonds is 7. The van der Waals surface area contributed by atoms with Gasteiger partial charge in [-0.2, -0.15) is 5.10 Å². The van der Waals surface area contributed by atoms with Crippen LogP contribution in [0.25, 0.3) is 0 Å². The summed E-state index contributed by atoms with van der Waals surface area (Å²) in [6, 6.07) is 2.41. The Balaban J connectivity index is 2.05. The molecule has 0 radical (unpaired) electrons. The Morgan fingerprint density at radius 2 is 2.00 bits per heavy atom. The summed E-state index contributed by atoms with van der Waals surface area (Å²) in [6.07, 6.45) is 9.61. The summed E-state index contributed by atoms with van der Waals surface area (Å²) in [4.78, 5) is 12.7. The highest BCUT2D eigenvalue weighted by atomic mass is 16.5. The molecule has 0 amide bonds. The minimum atomic E-state index is -0.559. The summed E-state index contributed by atoms with van der Waals surface area (Å²) in [6.45, 7) is 4.34. The normalized spacial score (nSPS) is 18.1. The van der Waals surface area contributed by atoms with Crippen LogP contribution < -0.4 is 0 Å². The molecule has 2 rings (SSSR count). The van der Waals surface area contributed by atoms with E-state index in [0.29, 0.717) is 12.5 Å². The average molecular weight is 292 g/mol. The predicted molar refractivity (Wildman–Crippen MR) is 83.4 cm³/mol. The molecule has 4 heteroatoms. The Hall–Kier alpha value is -1.16. The van der Waals surface area contributed by atoms with E-state index in [9.17, 15) is 4.79 Å². The number of ether oxygens (including phenoxy) is 1. The number of ketones is 1. The van der Waals surface area contributed by atoms with Crippen LogP contribution in [0.1, 0.15) is 70.5 Å². The molecule has 0 unspecified atom stereocenters. The van der Waals surface area contributed by atoms with Crippen LogP contribution in [0.3, 0.4) is 0 Å². The zero-order valence-electron chi connectivity index (χ0n) is 13.6. The van der Waals surface area contributed by atoms with E-state index < -0.39 is 5.60 Å². The predicted octanol–water partition coefficient (Wildman–Crippen LogP) is 3.71. The van der Waals surface area contributed by atoms with Crippen molar-refractivity contribution in [2.75, 3.05) is 7.11 Å². The maximum atomic E-state index is 12.7. The number of carbonyl (C=O) groups excluding carboxylic acids is 1. The second-order valence-corrected chi connectivity index (χ2v) is 6.12. The van der Waals surface area contributed by atoms with Crippen LogP contribution in [0, 0.1) is 0 Å². The first kappa shape index (κ1) is 16.2. The van der Waals surface area contributed by atoms with Gasteiger partial charge in [-0.1, -0.05) is 33.1 Å². The summed E-state index contributed by atoms with van der Waals surface area (Å²) in [5.41, 5.74) is 0.311. The molecule has 1 aliphatic rings. The summed E-state index contributed by atoms with van der Waals surface area (Å²) in [5.74, 6) is 0.194. The first-order valence-electron chi connectivity index (χ1n) is 8.27. The van der Waals surface area contributed by atoms with Crippen molar-refractivity contribution in [3.63, 3.8) is 0 Å². The molecule has 0 aliphatic heterocycles. The number of Topliss-reactive ketones (excluding diaryl/α,β-unsaturated/α-hetero) is 1. The summed E-state index contributed by atoms with van der Waals surface area (Å²) in [7, 11) is 1.67. The fourth-order valence-corrected chi connectivity index (χ4v) is 3.38. The quantitative estimate of drug-likeness (QED) is 0.769. The maximum Gasteiger partial charge on any atom is 0.170 e. The lowest BCUT2D eigenvalue weighted by Crippen LogP contribution is -2.43. The molecule has 1 aromatic rings. The van der Waals surface area contributed by atoms with Gasteiger partial charge in [0.25, 0.3) is 0 Å². The molecule has 1 fully saturated rings. The lowest BCUT2D eigenvalue weighted by Gasteiger charge is -2.34. The van der Waals surface area contributed by atoms with Crippen LogP contribution in [0.5, 0.6) is 0 Å². The second-order valence-electron chi connectivity index (χ2n) is 6.12. The minimum Gasteiger partial charge on any atom is -0.370 e. The minimum absolute atomic E-state index is 0.194. The third-order valence-electron chi connectivity index (χ3n) is 4.88. The fourth-order valence-electron chi connectivity index (χ4n) is 3.38. The van der Waals surface area contributed by atoms with Crippen molar-refractivity contribution in [1.29, 1.82) is 0 Å². The molecular formula is C17H28N2O2. The van der Waals surface area contributed by atoms with Gasteiger partial charge in [-0.15, -0.1) is 0 Å². The largest absolute Gasteiger partial charge is 0.370 e. The van der Waals surface area contributed by atoms with E-state index in [1.54, 1.807) is 7.11 Å². The van der Waals surface area contributed by atoms with Crippen molar-refractivity contribution in [3.05, 3.63) is 18.0 Å². The van der Waals surface area contributed by atoms with E-state index in [0.717, 1.165) is 44.2 Å². The molecule has 1 saturated carbocycles. The molecule has 1 heterocycles. The van der Waals surface area contributed by atoms with E-state index in [1.807, 2.05) is 16.9 Å². The van der Waals surface area contributed by atoms with Gasteiger partial charge in [0.15, 0.2) is 5.78 Å². The first-order valence-corrected chi connectivity index (χ1v) is 8.27. The molecule has 0 N–H and O–H groups in total. The molecule has 0 bridgehead atoms. The van der Waals surface area contributed by atoms with Gasteiger partial charge in [-0.3, -0.25) is 9.48 Å². The van der Waals surface area contributed by atoms with E-state index in [1.165, 1.54) is 6.42 Å². The Bertz CT molecular complexity index is 457. The van der Waals surface area contributed by atoms with Crippen molar-refractivity contribution < 1.29 is 9.53 Å². The van der Waals surface area contributed by atoms with Crippen LogP contribution >= 0.6 is 0 Å². The lowest BCUT2D eigenvalue weighted by molar-refractivity contribution is -0.144. The van der Waals surface area contributed by atoms with Crippen molar-refractivity contribution in [2.24, 2.45) is 0 Å². The Morgan fingerprint density at radius 3 is 2.57 bits per heavy atom. The molecule has 0 aromatic carbocycles. The molecule has 21 heavy (non-hydrogen) atoms. The molecule has 0 spiro atoms. The zero-order chi connectivity index (χ0) is 15.3. The third-order valence-corrected chi connectivity index (χ3v) is 4.88. The van der Waals surface area contributed by atoms with Crippen LogP contribution in [0.15, 0.2) is 12.3 Å². The van der Waals surface area contributed by atoms with Gasteiger partial charge in [0.2, 0.25) is 0 Å². The average Bonchev–Trinajstić information content (AvgIpc) is 2.97. The summed E-state index contributed by atoms with van der Waals surface area (Å²) in [5, 5.41) is 4.59. The number of hydrogen-bond acceptors (Lipinski definition) is 3. The fraction of sp³-hybridized carbons (Fsp3) is 0.765. The van der Waals surface area contributed by atoms with Crippen molar-refractivity contribution in [1.82, 2.24) is 9.78 Å². The van der Waals surface area contributed by atoms with Crippen LogP contribution in [0.2, 0.25) is 0 Å². The van der Waals surface area contributed by atoms with E-state index in [-0.39, 0.29) is 5.78 Å². The SMILES string of the molecule is CCC(CC)n1ccc(CC(=O)C2(OC)CCCCC2)n1. The summed E-state index contributed by atoms with van der Waals surface area (Å²) >= 11 is 0. The number of carbonyl (C=O) groups is 1. The Labute approximate surface area is 127 Å². The standard InChI is InChI=1S/C17H28N2O2/c1-4-15(5-2)19-12-9-14(18-19)13-16(20)17(21-3)10-7-6-8-11-17/h9,12,15H,4-8,10-11,13H2,1-3H3. The topological polar surface area (TPSA) is 44.1 Å². The number of hydrogen-bond donors (Lipinski definition) is 0. The van der Waals surface area contributed by atoms with Gasteiger partial charge in [0.05, 0.1) is 18.2 Å². The first-order chi connectivity index (χ1) is 10.1. The van der Waals surface area contributed by atoms with E-state index in [4.69, 9.17) is 4.74 Å². The highest BCUT2D eigenvalue weighted by molar-refractivity contribution is 5.89. The molecule has 0 saturated heterocycles. The molecule has 1 aliphatic carbocycles. The van der Waals surface area contributed by atoms with Gasteiger partial charge < -0.3 is 4.74 Å². The number of methoxy groups -OCH3 is 1. The highest BCUT2D eigenvalue weighted by Gasteiger charge is 2.39.